The van der Waals surface area contributed by atoms with E-state index in [9.17, 15) is 0 Å². The highest BCUT2D eigenvalue weighted by atomic mass is 32.1. The zero-order valence-electron chi connectivity index (χ0n) is 8.77. The maximum atomic E-state index is 6.10. The molecule has 0 fully saturated rings. The maximum absolute atomic E-state index is 6.10. The molecule has 0 aliphatic heterocycles. The predicted molar refractivity (Wildman–Crippen MR) is 63.0 cm³/mol. The molecule has 0 bridgehead atoms. The first kappa shape index (κ1) is 10.5. The molecular weight excluding hydrogens is 206 g/mol. The molecule has 0 amide bonds. The molecule has 80 valence electrons. The molecule has 15 heavy (non-hydrogen) atoms. The molecule has 2 rings (SSSR count). The maximum Gasteiger partial charge on any atom is 0.105 e. The lowest BCUT2D eigenvalue weighted by Crippen LogP contribution is -2.11. The van der Waals surface area contributed by atoms with E-state index in [1.165, 1.54) is 9.75 Å². The molecule has 0 aliphatic carbocycles. The van der Waals surface area contributed by atoms with E-state index in [2.05, 4.69) is 19.1 Å². The molecule has 2 heterocycles. The van der Waals surface area contributed by atoms with Crippen LogP contribution in [0.15, 0.2) is 34.9 Å². The summed E-state index contributed by atoms with van der Waals surface area (Å²) in [4.78, 5) is 2.63. The highest BCUT2D eigenvalue weighted by Crippen LogP contribution is 2.24. The van der Waals surface area contributed by atoms with Crippen LogP contribution in [0.2, 0.25) is 0 Å². The van der Waals surface area contributed by atoms with Crippen LogP contribution < -0.4 is 5.73 Å². The molecule has 0 saturated heterocycles. The van der Waals surface area contributed by atoms with E-state index in [0.29, 0.717) is 0 Å². The van der Waals surface area contributed by atoms with E-state index in [-0.39, 0.29) is 6.04 Å². The topological polar surface area (TPSA) is 39.2 Å². The summed E-state index contributed by atoms with van der Waals surface area (Å²) in [6.45, 7) is 2.16. The van der Waals surface area contributed by atoms with Gasteiger partial charge in [0.25, 0.3) is 0 Å². The minimum atomic E-state index is 0.0569. The largest absolute Gasteiger partial charge is 0.469 e. The van der Waals surface area contributed by atoms with E-state index in [1.54, 1.807) is 17.6 Å². The number of thiophene rings is 1. The fraction of sp³-hybridized carbons (Fsp3) is 0.333. The van der Waals surface area contributed by atoms with E-state index in [0.717, 1.165) is 18.6 Å². The predicted octanol–water partition coefficient (Wildman–Crippen LogP) is 3.15. The summed E-state index contributed by atoms with van der Waals surface area (Å²) in [5.41, 5.74) is 6.10. The van der Waals surface area contributed by atoms with E-state index >= 15 is 0 Å². The van der Waals surface area contributed by atoms with Gasteiger partial charge in [-0.1, -0.05) is 6.92 Å². The van der Waals surface area contributed by atoms with Crippen molar-refractivity contribution < 1.29 is 4.42 Å². The van der Waals surface area contributed by atoms with Gasteiger partial charge in [0.1, 0.15) is 5.76 Å². The van der Waals surface area contributed by atoms with Crippen molar-refractivity contribution in [1.29, 1.82) is 0 Å². The zero-order chi connectivity index (χ0) is 10.7. The number of hydrogen-bond acceptors (Lipinski definition) is 3. The Morgan fingerprint density at radius 1 is 1.40 bits per heavy atom. The molecule has 0 aromatic carbocycles. The standard InChI is InChI=1S/C12H15NOS/c1-2-10-5-6-12(15-10)11(13)8-9-4-3-7-14-9/h3-7,11H,2,8,13H2,1H3. The monoisotopic (exact) mass is 221 g/mol. The fourth-order valence-corrected chi connectivity index (χ4v) is 2.48. The third-order valence-electron chi connectivity index (χ3n) is 2.40. The van der Waals surface area contributed by atoms with Crippen molar-refractivity contribution in [2.24, 2.45) is 5.73 Å². The first-order chi connectivity index (χ1) is 7.29. The molecular formula is C12H15NOS. The van der Waals surface area contributed by atoms with Gasteiger partial charge in [-0.3, -0.25) is 0 Å². The Bertz CT molecular complexity index is 405. The highest BCUT2D eigenvalue weighted by molar-refractivity contribution is 7.12. The summed E-state index contributed by atoms with van der Waals surface area (Å²) in [5, 5.41) is 0. The van der Waals surface area contributed by atoms with Gasteiger partial charge >= 0.3 is 0 Å². The van der Waals surface area contributed by atoms with Gasteiger partial charge in [0.2, 0.25) is 0 Å². The van der Waals surface area contributed by atoms with Crippen LogP contribution in [0.3, 0.4) is 0 Å². The van der Waals surface area contributed by atoms with E-state index < -0.39 is 0 Å². The minimum Gasteiger partial charge on any atom is -0.469 e. The van der Waals surface area contributed by atoms with E-state index in [4.69, 9.17) is 10.2 Å². The number of rotatable bonds is 4. The lowest BCUT2D eigenvalue weighted by Gasteiger charge is -2.06. The van der Waals surface area contributed by atoms with Crippen LogP contribution in [0, 0.1) is 0 Å². The molecule has 0 radical (unpaired) electrons. The minimum absolute atomic E-state index is 0.0569. The second-order valence-corrected chi connectivity index (χ2v) is 4.75. The lowest BCUT2D eigenvalue weighted by molar-refractivity contribution is 0.490. The second-order valence-electron chi connectivity index (χ2n) is 3.55. The van der Waals surface area contributed by atoms with Crippen molar-refractivity contribution in [3.05, 3.63) is 46.0 Å². The van der Waals surface area contributed by atoms with Crippen LogP contribution in [0.5, 0.6) is 0 Å². The van der Waals surface area contributed by atoms with Gasteiger partial charge in [-0.2, -0.15) is 0 Å². The zero-order valence-corrected chi connectivity index (χ0v) is 9.59. The molecule has 3 heteroatoms. The van der Waals surface area contributed by atoms with Crippen LogP contribution in [-0.2, 0) is 12.8 Å². The molecule has 1 unspecified atom stereocenters. The quantitative estimate of drug-likeness (QED) is 0.861. The average Bonchev–Trinajstić information content (AvgIpc) is 2.86. The smallest absolute Gasteiger partial charge is 0.105 e. The Morgan fingerprint density at radius 2 is 2.27 bits per heavy atom. The third-order valence-corrected chi connectivity index (χ3v) is 3.76. The molecule has 0 aliphatic rings. The van der Waals surface area contributed by atoms with Crippen molar-refractivity contribution in [2.75, 3.05) is 0 Å². The normalized spacial score (nSPS) is 12.9. The molecule has 2 N–H and O–H groups in total. The van der Waals surface area contributed by atoms with Gasteiger partial charge in [-0.25, -0.2) is 0 Å². The van der Waals surface area contributed by atoms with Gasteiger partial charge in [-0.05, 0) is 30.7 Å². The van der Waals surface area contributed by atoms with Crippen molar-refractivity contribution >= 4 is 11.3 Å². The summed E-state index contributed by atoms with van der Waals surface area (Å²) in [6, 6.07) is 8.20. The van der Waals surface area contributed by atoms with Crippen molar-refractivity contribution in [2.45, 2.75) is 25.8 Å². The number of furan rings is 1. The summed E-state index contributed by atoms with van der Waals surface area (Å²) in [5.74, 6) is 0.953. The van der Waals surface area contributed by atoms with Crippen LogP contribution >= 0.6 is 11.3 Å². The molecule has 0 spiro atoms. The summed E-state index contributed by atoms with van der Waals surface area (Å²) < 4.78 is 5.28. The molecule has 2 aromatic rings. The van der Waals surface area contributed by atoms with Crippen LogP contribution in [0.1, 0.15) is 28.5 Å². The average molecular weight is 221 g/mol. The van der Waals surface area contributed by atoms with Crippen LogP contribution in [-0.4, -0.2) is 0 Å². The first-order valence-electron chi connectivity index (χ1n) is 5.16. The Balaban J connectivity index is 2.04. The molecule has 2 aromatic heterocycles. The molecule has 2 nitrogen and oxygen atoms in total. The Hall–Kier alpha value is -1.06. The highest BCUT2D eigenvalue weighted by Gasteiger charge is 2.10. The van der Waals surface area contributed by atoms with Crippen molar-refractivity contribution in [3.63, 3.8) is 0 Å². The van der Waals surface area contributed by atoms with Gasteiger partial charge < -0.3 is 10.2 Å². The van der Waals surface area contributed by atoms with Crippen molar-refractivity contribution in [3.8, 4) is 0 Å². The fourth-order valence-electron chi connectivity index (χ4n) is 1.53. The molecule has 0 saturated carbocycles. The van der Waals surface area contributed by atoms with Crippen LogP contribution in [0.4, 0.5) is 0 Å². The lowest BCUT2D eigenvalue weighted by atomic mass is 10.1. The first-order valence-corrected chi connectivity index (χ1v) is 5.98. The van der Waals surface area contributed by atoms with E-state index in [1.807, 2.05) is 12.1 Å². The Labute approximate surface area is 93.7 Å². The summed E-state index contributed by atoms with van der Waals surface area (Å²) >= 11 is 1.80. The van der Waals surface area contributed by atoms with Gasteiger partial charge in [0.05, 0.1) is 6.26 Å². The van der Waals surface area contributed by atoms with Gasteiger partial charge in [0.15, 0.2) is 0 Å². The van der Waals surface area contributed by atoms with Crippen molar-refractivity contribution in [1.82, 2.24) is 0 Å². The number of hydrogen-bond donors (Lipinski definition) is 1. The van der Waals surface area contributed by atoms with Gasteiger partial charge in [-0.15, -0.1) is 11.3 Å². The van der Waals surface area contributed by atoms with Crippen LogP contribution in [0.25, 0.3) is 0 Å². The second kappa shape index (κ2) is 4.64. The molecule has 1 atom stereocenters. The number of aryl methyl sites for hydroxylation is 1. The summed E-state index contributed by atoms with van der Waals surface area (Å²) in [6.07, 6.45) is 3.54. The number of nitrogens with two attached hydrogens (primary N) is 1. The third kappa shape index (κ3) is 2.49. The Morgan fingerprint density at radius 3 is 2.87 bits per heavy atom. The summed E-state index contributed by atoms with van der Waals surface area (Å²) in [7, 11) is 0. The van der Waals surface area contributed by atoms with Gasteiger partial charge in [0, 0.05) is 22.2 Å². The Kier molecular flexibility index (Phi) is 3.23. The SMILES string of the molecule is CCc1ccc(C(N)Cc2ccco2)s1.